The zero-order valence-corrected chi connectivity index (χ0v) is 9.02. The minimum Gasteiger partial charge on any atom is -0.254 e. The quantitative estimate of drug-likeness (QED) is 0.428. The number of aryl methyl sites for hydroxylation is 1. The zero-order valence-electron chi connectivity index (χ0n) is 7.45. The molecular weight excluding hydrogens is 206 g/mol. The summed E-state index contributed by atoms with van der Waals surface area (Å²) in [5.41, 5.74) is 1.92. The Balaban J connectivity index is 2.98. The van der Waals surface area contributed by atoms with Crippen molar-refractivity contribution in [3.05, 3.63) is 29.8 Å². The average molecular weight is 216 g/mol. The summed E-state index contributed by atoms with van der Waals surface area (Å²) in [5.74, 6) is 0. The fourth-order valence-electron chi connectivity index (χ4n) is 1.03. The molecule has 1 aromatic rings. The van der Waals surface area contributed by atoms with Gasteiger partial charge in [0.1, 0.15) is 0 Å². The van der Waals surface area contributed by atoms with Crippen molar-refractivity contribution in [1.29, 1.82) is 0 Å². The van der Waals surface area contributed by atoms with Crippen LogP contribution in [0.3, 0.4) is 0 Å². The molecule has 0 atom stereocenters. The molecule has 0 spiro atoms. The van der Waals surface area contributed by atoms with E-state index >= 15 is 0 Å². The lowest BCUT2D eigenvalue weighted by molar-refractivity contribution is 0.267. The summed E-state index contributed by atoms with van der Waals surface area (Å²) in [6.45, 7) is 1.97. The van der Waals surface area contributed by atoms with Crippen LogP contribution in [-0.4, -0.2) is 11.6 Å². The molecule has 0 saturated heterocycles. The van der Waals surface area contributed by atoms with E-state index in [4.69, 9.17) is 11.6 Å². The van der Waals surface area contributed by atoms with Gasteiger partial charge in [0.05, 0.1) is 5.69 Å². The van der Waals surface area contributed by atoms with Crippen LogP contribution in [0.25, 0.3) is 0 Å². The highest BCUT2D eigenvalue weighted by Crippen LogP contribution is 2.23. The van der Waals surface area contributed by atoms with Gasteiger partial charge in [-0.05, 0) is 48.2 Å². The van der Waals surface area contributed by atoms with Crippen molar-refractivity contribution in [1.82, 2.24) is 0 Å². The average Bonchev–Trinajstić information content (AvgIpc) is 2.04. The van der Waals surface area contributed by atoms with Crippen molar-refractivity contribution < 1.29 is 4.79 Å². The van der Waals surface area contributed by atoms with Crippen molar-refractivity contribution in [2.45, 2.75) is 6.92 Å². The Bertz CT molecular complexity index is 316. The predicted molar refractivity (Wildman–Crippen MR) is 58.4 cm³/mol. The van der Waals surface area contributed by atoms with Crippen LogP contribution < -0.4 is 4.31 Å². The summed E-state index contributed by atoms with van der Waals surface area (Å²) in [5, 5.41) is -0.474. The highest BCUT2D eigenvalue weighted by atomic mass is 35.5. The van der Waals surface area contributed by atoms with E-state index in [0.29, 0.717) is 0 Å². The van der Waals surface area contributed by atoms with Crippen LogP contribution in [0.1, 0.15) is 5.56 Å². The molecule has 0 unspecified atom stereocenters. The number of anilines is 1. The maximum Gasteiger partial charge on any atom is 0.330 e. The second-order valence-electron chi connectivity index (χ2n) is 2.57. The molecular formula is C9H10ClNOS. The number of benzene rings is 1. The summed E-state index contributed by atoms with van der Waals surface area (Å²) in [6.07, 6.45) is 1.81. The molecule has 1 rings (SSSR count). The van der Waals surface area contributed by atoms with Crippen LogP contribution in [0.15, 0.2) is 24.3 Å². The number of carbonyl (C=O) groups is 1. The number of carbonyl (C=O) groups excluding carboxylic acids is 1. The van der Waals surface area contributed by atoms with Crippen LogP contribution in [0.4, 0.5) is 10.5 Å². The Morgan fingerprint density at radius 3 is 2.69 bits per heavy atom. The van der Waals surface area contributed by atoms with E-state index in [1.165, 1.54) is 16.3 Å². The molecule has 0 aliphatic carbocycles. The molecule has 2 nitrogen and oxygen atoms in total. The van der Waals surface area contributed by atoms with E-state index in [1.54, 1.807) is 0 Å². The first-order valence-corrected chi connectivity index (χ1v) is 5.31. The standard InChI is InChI=1S/C9H10ClNOS/c1-7-4-3-5-8(6-7)11(13-2)9(10)12/h3-6H,1-2H3. The van der Waals surface area contributed by atoms with E-state index < -0.39 is 5.37 Å². The third-order valence-electron chi connectivity index (χ3n) is 1.58. The van der Waals surface area contributed by atoms with Crippen molar-refractivity contribution in [3.8, 4) is 0 Å². The molecule has 0 radical (unpaired) electrons. The van der Waals surface area contributed by atoms with Gasteiger partial charge in [0.25, 0.3) is 0 Å². The fraction of sp³-hybridized carbons (Fsp3) is 0.222. The molecule has 13 heavy (non-hydrogen) atoms. The van der Waals surface area contributed by atoms with Gasteiger partial charge in [0.2, 0.25) is 0 Å². The summed E-state index contributed by atoms with van der Waals surface area (Å²) >= 11 is 6.69. The molecule has 4 heteroatoms. The lowest BCUT2D eigenvalue weighted by Crippen LogP contribution is -2.15. The van der Waals surface area contributed by atoms with Crippen molar-refractivity contribution in [3.63, 3.8) is 0 Å². The summed E-state index contributed by atoms with van der Waals surface area (Å²) in [6, 6.07) is 7.63. The summed E-state index contributed by atoms with van der Waals surface area (Å²) in [7, 11) is 0. The molecule has 0 heterocycles. The van der Waals surface area contributed by atoms with Gasteiger partial charge in [-0.3, -0.25) is 4.79 Å². The van der Waals surface area contributed by atoms with Crippen molar-refractivity contribution in [2.75, 3.05) is 10.6 Å². The first kappa shape index (κ1) is 10.4. The van der Waals surface area contributed by atoms with E-state index in [9.17, 15) is 4.79 Å². The Hall–Kier alpha value is -0.670. The van der Waals surface area contributed by atoms with Crippen LogP contribution in [0, 0.1) is 6.92 Å². The molecule has 0 aromatic heterocycles. The number of rotatable bonds is 2. The molecule has 0 aliphatic rings. The molecule has 1 amide bonds. The molecule has 0 bridgehead atoms. The first-order chi connectivity index (χ1) is 6.15. The molecule has 0 saturated carbocycles. The van der Waals surface area contributed by atoms with E-state index in [0.717, 1.165) is 11.3 Å². The van der Waals surface area contributed by atoms with Crippen LogP contribution in [-0.2, 0) is 0 Å². The van der Waals surface area contributed by atoms with Crippen molar-refractivity contribution in [2.24, 2.45) is 0 Å². The normalized spacial score (nSPS) is 9.77. The predicted octanol–water partition coefficient (Wildman–Crippen LogP) is 3.44. The third kappa shape index (κ3) is 2.64. The number of halogens is 1. The number of amides is 1. The lowest BCUT2D eigenvalue weighted by atomic mass is 10.2. The molecule has 0 fully saturated rings. The van der Waals surface area contributed by atoms with E-state index in [-0.39, 0.29) is 0 Å². The topological polar surface area (TPSA) is 20.3 Å². The summed E-state index contributed by atoms with van der Waals surface area (Å²) < 4.78 is 1.44. The monoisotopic (exact) mass is 215 g/mol. The van der Waals surface area contributed by atoms with Gasteiger partial charge in [-0.25, -0.2) is 4.31 Å². The minimum absolute atomic E-state index is 0.474. The Kier molecular flexibility index (Phi) is 3.63. The largest absolute Gasteiger partial charge is 0.330 e. The van der Waals surface area contributed by atoms with Crippen LogP contribution >= 0.6 is 23.5 Å². The lowest BCUT2D eigenvalue weighted by Gasteiger charge is -2.15. The number of hydrogen-bond acceptors (Lipinski definition) is 2. The highest BCUT2D eigenvalue weighted by Gasteiger charge is 2.11. The second kappa shape index (κ2) is 4.53. The maximum absolute atomic E-state index is 11.0. The number of nitrogens with zero attached hydrogens (tertiary/aromatic N) is 1. The van der Waals surface area contributed by atoms with E-state index in [2.05, 4.69) is 0 Å². The van der Waals surface area contributed by atoms with E-state index in [1.807, 2.05) is 37.4 Å². The minimum atomic E-state index is -0.474. The van der Waals surface area contributed by atoms with Gasteiger partial charge in [-0.2, -0.15) is 0 Å². The van der Waals surface area contributed by atoms with Gasteiger partial charge < -0.3 is 0 Å². The smallest absolute Gasteiger partial charge is 0.254 e. The molecule has 1 aromatic carbocycles. The van der Waals surface area contributed by atoms with Crippen LogP contribution in [0.5, 0.6) is 0 Å². The van der Waals surface area contributed by atoms with Gasteiger partial charge in [-0.1, -0.05) is 12.1 Å². The third-order valence-corrected chi connectivity index (χ3v) is 2.59. The second-order valence-corrected chi connectivity index (χ2v) is 3.62. The first-order valence-electron chi connectivity index (χ1n) is 3.75. The Morgan fingerprint density at radius 2 is 2.23 bits per heavy atom. The highest BCUT2D eigenvalue weighted by molar-refractivity contribution is 8.00. The SMILES string of the molecule is CSN(C(=O)Cl)c1cccc(C)c1. The van der Waals surface area contributed by atoms with Crippen LogP contribution in [0.2, 0.25) is 0 Å². The Labute approximate surface area is 87.0 Å². The van der Waals surface area contributed by atoms with Gasteiger partial charge in [-0.15, -0.1) is 0 Å². The zero-order chi connectivity index (χ0) is 9.84. The molecule has 0 aliphatic heterocycles. The molecule has 70 valence electrons. The van der Waals surface area contributed by atoms with Gasteiger partial charge >= 0.3 is 5.37 Å². The number of hydrogen-bond donors (Lipinski definition) is 0. The molecule has 0 N–H and O–H groups in total. The Morgan fingerprint density at radius 1 is 1.54 bits per heavy atom. The maximum atomic E-state index is 11.0. The fourth-order valence-corrected chi connectivity index (χ4v) is 1.81. The van der Waals surface area contributed by atoms with Gasteiger partial charge in [0.15, 0.2) is 0 Å². The van der Waals surface area contributed by atoms with Gasteiger partial charge in [0, 0.05) is 6.26 Å². The summed E-state index contributed by atoms with van der Waals surface area (Å²) in [4.78, 5) is 11.0. The van der Waals surface area contributed by atoms with Crippen molar-refractivity contribution >= 4 is 34.6 Å².